The number of aryl methyl sites for hydroxylation is 1. The summed E-state index contributed by atoms with van der Waals surface area (Å²) in [6.45, 7) is 4.33. The summed E-state index contributed by atoms with van der Waals surface area (Å²) in [7, 11) is -3.17. The summed E-state index contributed by atoms with van der Waals surface area (Å²) in [5, 5.41) is 3.43. The van der Waals surface area contributed by atoms with Gasteiger partial charge in [-0.2, -0.15) is 0 Å². The van der Waals surface area contributed by atoms with Gasteiger partial charge >= 0.3 is 0 Å². The van der Waals surface area contributed by atoms with Gasteiger partial charge in [0.05, 0.1) is 10.6 Å². The van der Waals surface area contributed by atoms with Crippen molar-refractivity contribution >= 4 is 21.5 Å². The highest BCUT2D eigenvalue weighted by atomic mass is 32.2. The van der Waals surface area contributed by atoms with Gasteiger partial charge in [-0.25, -0.2) is 23.4 Å². The van der Waals surface area contributed by atoms with E-state index in [2.05, 4.69) is 37.3 Å². The van der Waals surface area contributed by atoms with Gasteiger partial charge in [0, 0.05) is 44.1 Å². The predicted octanol–water partition coefficient (Wildman–Crippen LogP) is 2.80. The van der Waals surface area contributed by atoms with Gasteiger partial charge in [-0.15, -0.1) is 0 Å². The zero-order chi connectivity index (χ0) is 21.1. The Balaban J connectivity index is 1.43. The van der Waals surface area contributed by atoms with Gasteiger partial charge < -0.3 is 10.2 Å². The molecule has 156 valence electrons. The number of fused-ring (bicyclic) bond motifs is 1. The van der Waals surface area contributed by atoms with Gasteiger partial charge in [0.25, 0.3) is 0 Å². The van der Waals surface area contributed by atoms with E-state index in [1.54, 1.807) is 18.5 Å². The van der Waals surface area contributed by atoms with Crippen molar-refractivity contribution in [2.24, 2.45) is 0 Å². The quantitative estimate of drug-likeness (QED) is 0.652. The number of nitrogens with zero attached hydrogens (tertiary/aromatic N) is 4. The second kappa shape index (κ2) is 8.39. The summed E-state index contributed by atoms with van der Waals surface area (Å²) >= 11 is 0. The highest BCUT2D eigenvalue weighted by Crippen LogP contribution is 2.26. The van der Waals surface area contributed by atoms with Crippen LogP contribution in [0.3, 0.4) is 0 Å². The molecule has 1 N–H and O–H groups in total. The average molecular weight is 424 g/mol. The number of benzene rings is 1. The van der Waals surface area contributed by atoms with E-state index in [1.807, 2.05) is 25.3 Å². The molecule has 1 aliphatic rings. The third kappa shape index (κ3) is 4.59. The lowest BCUT2D eigenvalue weighted by atomic mass is 10.1. The van der Waals surface area contributed by atoms with Crippen LogP contribution in [-0.4, -0.2) is 42.7 Å². The largest absolute Gasteiger partial charge is 0.369 e. The number of aromatic nitrogens is 3. The van der Waals surface area contributed by atoms with E-state index in [0.29, 0.717) is 11.4 Å². The Bertz CT molecular complexity index is 1130. The molecule has 3 aromatic rings. The first kappa shape index (κ1) is 20.3. The molecule has 0 amide bonds. The third-order valence-electron chi connectivity index (χ3n) is 5.28. The Labute approximate surface area is 177 Å². The van der Waals surface area contributed by atoms with Crippen molar-refractivity contribution < 1.29 is 8.42 Å². The predicted molar refractivity (Wildman–Crippen MR) is 118 cm³/mol. The highest BCUT2D eigenvalue weighted by molar-refractivity contribution is 7.90. The topological polar surface area (TPSA) is 88.1 Å². The van der Waals surface area contributed by atoms with Crippen molar-refractivity contribution in [1.29, 1.82) is 0 Å². The Hall–Kier alpha value is -3.00. The van der Waals surface area contributed by atoms with E-state index < -0.39 is 9.84 Å². The lowest BCUT2D eigenvalue weighted by Gasteiger charge is -2.30. The summed E-state index contributed by atoms with van der Waals surface area (Å²) < 4.78 is 23.2. The summed E-state index contributed by atoms with van der Waals surface area (Å²) in [6, 6.07) is 11.2. The maximum absolute atomic E-state index is 11.6. The molecule has 0 unspecified atom stereocenters. The van der Waals surface area contributed by atoms with Gasteiger partial charge in [0.15, 0.2) is 9.84 Å². The van der Waals surface area contributed by atoms with Crippen LogP contribution < -0.4 is 10.2 Å². The molecule has 0 saturated heterocycles. The Morgan fingerprint density at radius 3 is 2.57 bits per heavy atom. The first-order valence-corrected chi connectivity index (χ1v) is 11.8. The molecular weight excluding hydrogens is 398 g/mol. The number of pyridine rings is 1. The monoisotopic (exact) mass is 423 g/mol. The number of nitrogens with one attached hydrogen (secondary N) is 1. The fraction of sp³-hybridized carbons (Fsp3) is 0.318. The number of hydrogen-bond donors (Lipinski definition) is 1. The molecular formula is C22H25N5O2S. The lowest BCUT2D eigenvalue weighted by Crippen LogP contribution is -2.32. The molecule has 0 aliphatic carbocycles. The molecule has 3 heterocycles. The smallest absolute Gasteiger partial charge is 0.175 e. The second-order valence-corrected chi connectivity index (χ2v) is 9.62. The highest BCUT2D eigenvalue weighted by Gasteiger charge is 2.21. The Morgan fingerprint density at radius 1 is 1.07 bits per heavy atom. The molecule has 7 nitrogen and oxygen atoms in total. The standard InChI is InChI=1S/C22H25N5O2S/c1-16-3-8-21(24-13-16)27-12-10-20-19(14-27)22(26-15-25-20)23-11-9-17-4-6-18(7-5-17)30(2,28)29/h3-8,13,15H,9-12,14H2,1-2H3,(H,23,25,26). The molecule has 0 atom stereocenters. The van der Waals surface area contributed by atoms with Gasteiger partial charge in [-0.05, 0) is 42.7 Å². The fourth-order valence-corrected chi connectivity index (χ4v) is 4.20. The van der Waals surface area contributed by atoms with Crippen LogP contribution in [0.25, 0.3) is 0 Å². The zero-order valence-corrected chi connectivity index (χ0v) is 18.0. The molecule has 1 aromatic carbocycles. The normalized spacial score (nSPS) is 13.7. The van der Waals surface area contributed by atoms with E-state index in [9.17, 15) is 8.42 Å². The van der Waals surface area contributed by atoms with Crippen molar-refractivity contribution in [1.82, 2.24) is 15.0 Å². The van der Waals surface area contributed by atoms with Crippen molar-refractivity contribution in [2.45, 2.75) is 31.2 Å². The number of sulfone groups is 1. The van der Waals surface area contributed by atoms with E-state index in [-0.39, 0.29) is 0 Å². The molecule has 0 radical (unpaired) electrons. The van der Waals surface area contributed by atoms with Crippen LogP contribution in [0.15, 0.2) is 53.8 Å². The van der Waals surface area contributed by atoms with Gasteiger partial charge in [-0.3, -0.25) is 0 Å². The molecule has 0 saturated carbocycles. The van der Waals surface area contributed by atoms with Crippen LogP contribution in [0, 0.1) is 6.92 Å². The molecule has 4 rings (SSSR count). The Kier molecular flexibility index (Phi) is 5.67. The minimum atomic E-state index is -3.17. The van der Waals surface area contributed by atoms with Gasteiger partial charge in [-0.1, -0.05) is 18.2 Å². The minimum absolute atomic E-state index is 0.342. The van der Waals surface area contributed by atoms with Crippen molar-refractivity contribution in [3.8, 4) is 0 Å². The van der Waals surface area contributed by atoms with Gasteiger partial charge in [0.2, 0.25) is 0 Å². The molecule has 0 fully saturated rings. The zero-order valence-electron chi connectivity index (χ0n) is 17.2. The van der Waals surface area contributed by atoms with Crippen LogP contribution in [0.4, 0.5) is 11.6 Å². The van der Waals surface area contributed by atoms with Crippen molar-refractivity contribution in [2.75, 3.05) is 29.6 Å². The van der Waals surface area contributed by atoms with E-state index in [0.717, 1.165) is 60.0 Å². The fourth-order valence-electron chi connectivity index (χ4n) is 3.56. The van der Waals surface area contributed by atoms with Crippen LogP contribution in [0.1, 0.15) is 22.4 Å². The maximum Gasteiger partial charge on any atom is 0.175 e. The Morgan fingerprint density at radius 2 is 1.87 bits per heavy atom. The first-order valence-electron chi connectivity index (χ1n) is 9.93. The molecule has 8 heteroatoms. The second-order valence-electron chi connectivity index (χ2n) is 7.61. The van der Waals surface area contributed by atoms with Crippen molar-refractivity contribution in [3.63, 3.8) is 0 Å². The third-order valence-corrected chi connectivity index (χ3v) is 6.41. The van der Waals surface area contributed by atoms with E-state index in [1.165, 1.54) is 6.26 Å². The number of hydrogen-bond acceptors (Lipinski definition) is 7. The first-order chi connectivity index (χ1) is 14.4. The number of anilines is 2. The SMILES string of the molecule is Cc1ccc(N2CCc3ncnc(NCCc4ccc(S(C)(=O)=O)cc4)c3C2)nc1. The molecule has 0 bridgehead atoms. The summed E-state index contributed by atoms with van der Waals surface area (Å²) in [5.74, 6) is 1.82. The summed E-state index contributed by atoms with van der Waals surface area (Å²) in [4.78, 5) is 16.1. The van der Waals surface area contributed by atoms with Gasteiger partial charge in [0.1, 0.15) is 18.0 Å². The van der Waals surface area contributed by atoms with Crippen LogP contribution in [-0.2, 0) is 29.2 Å². The van der Waals surface area contributed by atoms with Crippen LogP contribution in [0.2, 0.25) is 0 Å². The van der Waals surface area contributed by atoms with E-state index in [4.69, 9.17) is 0 Å². The maximum atomic E-state index is 11.6. The van der Waals surface area contributed by atoms with E-state index >= 15 is 0 Å². The number of rotatable bonds is 6. The lowest BCUT2D eigenvalue weighted by molar-refractivity contribution is 0.602. The van der Waals surface area contributed by atoms with Crippen LogP contribution >= 0.6 is 0 Å². The van der Waals surface area contributed by atoms with Crippen LogP contribution in [0.5, 0.6) is 0 Å². The minimum Gasteiger partial charge on any atom is -0.369 e. The molecule has 30 heavy (non-hydrogen) atoms. The average Bonchev–Trinajstić information content (AvgIpc) is 2.74. The molecule has 0 spiro atoms. The molecule has 1 aliphatic heterocycles. The summed E-state index contributed by atoms with van der Waals surface area (Å²) in [6.07, 6.45) is 6.35. The van der Waals surface area contributed by atoms with Crippen molar-refractivity contribution in [3.05, 3.63) is 71.3 Å². The summed E-state index contributed by atoms with van der Waals surface area (Å²) in [5.41, 5.74) is 4.40. The molecule has 2 aromatic heterocycles.